The second-order valence-electron chi connectivity index (χ2n) is 4.19. The zero-order chi connectivity index (χ0) is 14.7. The molecule has 0 saturated heterocycles. The van der Waals surface area contributed by atoms with Gasteiger partial charge in [-0.1, -0.05) is 18.2 Å². The molecule has 4 nitrogen and oxygen atoms in total. The topological polar surface area (TPSA) is 66.8 Å². The molecule has 0 bridgehead atoms. The first-order valence-electron chi connectivity index (χ1n) is 5.88. The zero-order valence-electron chi connectivity index (χ0n) is 10.7. The van der Waals surface area contributed by atoms with Gasteiger partial charge in [-0.2, -0.15) is 0 Å². The van der Waals surface area contributed by atoms with Gasteiger partial charge in [-0.25, -0.2) is 9.18 Å². The number of aromatic carboxylic acids is 1. The van der Waals surface area contributed by atoms with E-state index in [2.05, 4.69) is 0 Å². The molecule has 0 heterocycles. The molecule has 2 N–H and O–H groups in total. The lowest BCUT2D eigenvalue weighted by atomic mass is 9.99. The lowest BCUT2D eigenvalue weighted by Gasteiger charge is -2.16. The number of carboxylic acid groups (broad SMARTS) is 1. The third-order valence-corrected chi connectivity index (χ3v) is 2.98. The summed E-state index contributed by atoms with van der Waals surface area (Å²) in [4.78, 5) is 10.8. The third kappa shape index (κ3) is 2.62. The summed E-state index contributed by atoms with van der Waals surface area (Å²) in [6.45, 7) is 0. The van der Waals surface area contributed by atoms with E-state index in [1.54, 1.807) is 6.07 Å². The predicted molar refractivity (Wildman–Crippen MR) is 70.4 cm³/mol. The minimum absolute atomic E-state index is 0.0260. The third-order valence-electron chi connectivity index (χ3n) is 2.98. The highest BCUT2D eigenvalue weighted by Crippen LogP contribution is 2.32. The van der Waals surface area contributed by atoms with E-state index in [0.717, 1.165) is 0 Å². The minimum Gasteiger partial charge on any atom is -0.496 e. The summed E-state index contributed by atoms with van der Waals surface area (Å²) in [5, 5.41) is 19.1. The highest BCUT2D eigenvalue weighted by molar-refractivity contribution is 5.87. The number of rotatable bonds is 4. The molecule has 2 aromatic carbocycles. The van der Waals surface area contributed by atoms with Crippen LogP contribution in [0.25, 0.3) is 0 Å². The van der Waals surface area contributed by atoms with E-state index < -0.39 is 17.9 Å². The Morgan fingerprint density at radius 3 is 2.40 bits per heavy atom. The first-order valence-corrected chi connectivity index (χ1v) is 5.88. The summed E-state index contributed by atoms with van der Waals surface area (Å²) >= 11 is 0. The number of benzene rings is 2. The number of aliphatic hydroxyl groups is 1. The van der Waals surface area contributed by atoms with Crippen LogP contribution in [0.15, 0.2) is 42.5 Å². The van der Waals surface area contributed by atoms with Crippen molar-refractivity contribution in [3.8, 4) is 5.75 Å². The lowest BCUT2D eigenvalue weighted by molar-refractivity contribution is 0.0696. The Morgan fingerprint density at radius 2 is 1.85 bits per heavy atom. The maximum Gasteiger partial charge on any atom is 0.335 e. The highest BCUT2D eigenvalue weighted by Gasteiger charge is 2.20. The van der Waals surface area contributed by atoms with Gasteiger partial charge in [-0.05, 0) is 29.8 Å². The molecule has 0 aromatic heterocycles. The molecular weight excluding hydrogens is 263 g/mol. The van der Waals surface area contributed by atoms with Crippen molar-refractivity contribution in [2.45, 2.75) is 6.10 Å². The fourth-order valence-corrected chi connectivity index (χ4v) is 1.94. The van der Waals surface area contributed by atoms with Crippen LogP contribution < -0.4 is 4.74 Å². The van der Waals surface area contributed by atoms with Crippen LogP contribution >= 0.6 is 0 Å². The quantitative estimate of drug-likeness (QED) is 0.900. The summed E-state index contributed by atoms with van der Waals surface area (Å²) in [6.07, 6.45) is -1.23. The highest BCUT2D eigenvalue weighted by atomic mass is 19.1. The molecule has 5 heteroatoms. The van der Waals surface area contributed by atoms with Crippen LogP contribution in [-0.4, -0.2) is 23.3 Å². The Morgan fingerprint density at radius 1 is 1.20 bits per heavy atom. The second-order valence-corrected chi connectivity index (χ2v) is 4.19. The van der Waals surface area contributed by atoms with E-state index in [1.165, 1.54) is 43.5 Å². The molecule has 1 atom stereocenters. The molecular formula is C15H13FO4. The van der Waals surface area contributed by atoms with Crippen molar-refractivity contribution in [3.63, 3.8) is 0 Å². The average molecular weight is 276 g/mol. The van der Waals surface area contributed by atoms with Gasteiger partial charge in [0.05, 0.1) is 18.2 Å². The molecule has 20 heavy (non-hydrogen) atoms. The molecule has 104 valence electrons. The molecule has 0 saturated carbocycles. The summed E-state index contributed by atoms with van der Waals surface area (Å²) in [5.74, 6) is -1.41. The van der Waals surface area contributed by atoms with Gasteiger partial charge >= 0.3 is 5.97 Å². The van der Waals surface area contributed by atoms with Gasteiger partial charge in [-0.15, -0.1) is 0 Å². The molecule has 0 fully saturated rings. The van der Waals surface area contributed by atoms with Gasteiger partial charge < -0.3 is 14.9 Å². The number of ether oxygens (including phenoxy) is 1. The maximum atomic E-state index is 13.8. The number of halogens is 1. The van der Waals surface area contributed by atoms with Crippen LogP contribution in [0.2, 0.25) is 0 Å². The number of hydrogen-bond donors (Lipinski definition) is 2. The van der Waals surface area contributed by atoms with Crippen LogP contribution in [0, 0.1) is 5.82 Å². The SMILES string of the molecule is COc1cccc(F)c1C(O)c1ccc(C(=O)O)cc1. The largest absolute Gasteiger partial charge is 0.496 e. The number of aliphatic hydroxyl groups excluding tert-OH is 1. The Balaban J connectivity index is 2.41. The number of carboxylic acids is 1. The normalized spacial score (nSPS) is 11.9. The van der Waals surface area contributed by atoms with Gasteiger partial charge in [0, 0.05) is 0 Å². The standard InChI is InChI=1S/C15H13FO4/c1-20-12-4-2-3-11(16)13(12)14(17)9-5-7-10(8-6-9)15(18)19/h2-8,14,17H,1H3,(H,18,19). The van der Waals surface area contributed by atoms with Gasteiger partial charge in [0.1, 0.15) is 17.7 Å². The molecule has 2 rings (SSSR count). The van der Waals surface area contributed by atoms with E-state index in [-0.39, 0.29) is 16.9 Å². The molecule has 0 aliphatic heterocycles. The van der Waals surface area contributed by atoms with Crippen molar-refractivity contribution < 1.29 is 24.1 Å². The van der Waals surface area contributed by atoms with Crippen molar-refractivity contribution in [1.29, 1.82) is 0 Å². The Bertz CT molecular complexity index is 622. The first kappa shape index (κ1) is 14.0. The van der Waals surface area contributed by atoms with E-state index in [1.807, 2.05) is 0 Å². The molecule has 0 radical (unpaired) electrons. The monoisotopic (exact) mass is 276 g/mol. The Kier molecular flexibility index (Phi) is 4.00. The van der Waals surface area contributed by atoms with E-state index in [0.29, 0.717) is 5.56 Å². The number of carbonyl (C=O) groups is 1. The van der Waals surface area contributed by atoms with Crippen LogP contribution in [0.4, 0.5) is 4.39 Å². The smallest absolute Gasteiger partial charge is 0.335 e. The first-order chi connectivity index (χ1) is 9.54. The Hall–Kier alpha value is -2.40. The molecule has 2 aromatic rings. The van der Waals surface area contributed by atoms with Gasteiger partial charge in [0.25, 0.3) is 0 Å². The Labute approximate surface area is 115 Å². The molecule has 0 spiro atoms. The fourth-order valence-electron chi connectivity index (χ4n) is 1.94. The molecule has 1 unspecified atom stereocenters. The average Bonchev–Trinajstić information content (AvgIpc) is 2.46. The van der Waals surface area contributed by atoms with Crippen LogP contribution in [0.3, 0.4) is 0 Å². The van der Waals surface area contributed by atoms with E-state index >= 15 is 0 Å². The minimum atomic E-state index is -1.23. The maximum absolute atomic E-state index is 13.8. The van der Waals surface area contributed by atoms with Gasteiger partial charge in [0.2, 0.25) is 0 Å². The fraction of sp³-hybridized carbons (Fsp3) is 0.133. The van der Waals surface area contributed by atoms with Gasteiger partial charge in [0.15, 0.2) is 0 Å². The molecule has 0 aliphatic carbocycles. The van der Waals surface area contributed by atoms with Crippen molar-refractivity contribution in [3.05, 3.63) is 65.0 Å². The van der Waals surface area contributed by atoms with Crippen molar-refractivity contribution in [1.82, 2.24) is 0 Å². The molecule has 0 amide bonds. The van der Waals surface area contributed by atoms with Crippen molar-refractivity contribution in [2.75, 3.05) is 7.11 Å². The van der Waals surface area contributed by atoms with Gasteiger partial charge in [-0.3, -0.25) is 0 Å². The lowest BCUT2D eigenvalue weighted by Crippen LogP contribution is -2.06. The number of hydrogen-bond acceptors (Lipinski definition) is 3. The van der Waals surface area contributed by atoms with Crippen LogP contribution in [-0.2, 0) is 0 Å². The second kappa shape index (κ2) is 5.71. The van der Waals surface area contributed by atoms with Crippen molar-refractivity contribution >= 4 is 5.97 Å². The summed E-state index contributed by atoms with van der Waals surface area (Å²) in [6, 6.07) is 9.86. The predicted octanol–water partition coefficient (Wildman–Crippen LogP) is 2.61. The van der Waals surface area contributed by atoms with Crippen LogP contribution in [0.1, 0.15) is 27.6 Å². The van der Waals surface area contributed by atoms with E-state index in [9.17, 15) is 14.3 Å². The van der Waals surface area contributed by atoms with Crippen molar-refractivity contribution in [2.24, 2.45) is 0 Å². The summed E-state index contributed by atoms with van der Waals surface area (Å²) < 4.78 is 18.9. The molecule has 0 aliphatic rings. The van der Waals surface area contributed by atoms with Crippen LogP contribution in [0.5, 0.6) is 5.75 Å². The summed E-state index contributed by atoms with van der Waals surface area (Å²) in [5.41, 5.74) is 0.512. The number of methoxy groups -OCH3 is 1. The summed E-state index contributed by atoms with van der Waals surface area (Å²) in [7, 11) is 1.39. The van der Waals surface area contributed by atoms with E-state index in [4.69, 9.17) is 9.84 Å². The zero-order valence-corrected chi connectivity index (χ0v) is 10.7.